The molecule has 1 unspecified atom stereocenters. The molecule has 1 heterocycles. The molecular weight excluding hydrogens is 346 g/mol. The van der Waals surface area contributed by atoms with E-state index in [1.54, 1.807) is 29.5 Å². The maximum Gasteiger partial charge on any atom is 0.416 e. The predicted molar refractivity (Wildman–Crippen MR) is 65.8 cm³/mol. The third-order valence-electron chi connectivity index (χ3n) is 2.50. The van der Waals surface area contributed by atoms with Gasteiger partial charge in [0.05, 0.1) is 17.2 Å². The van der Waals surface area contributed by atoms with Crippen molar-refractivity contribution in [2.24, 2.45) is 10.9 Å². The number of alkyl halides is 3. The van der Waals surface area contributed by atoms with Gasteiger partial charge in [0, 0.05) is 15.3 Å². The fraction of sp³-hybridized carbons (Fsp3) is 0.273. The zero-order valence-corrected chi connectivity index (χ0v) is 10.8. The number of aliphatic imine (C=N–C) groups is 1. The number of nitrogens with zero attached hydrogens (tertiary/aromatic N) is 1. The molecule has 6 heteroatoms. The molecule has 0 aliphatic carbocycles. The van der Waals surface area contributed by atoms with Gasteiger partial charge in [-0.25, -0.2) is 0 Å². The first-order valence-corrected chi connectivity index (χ1v) is 5.87. The van der Waals surface area contributed by atoms with Crippen LogP contribution in [0.1, 0.15) is 22.8 Å². The highest BCUT2D eigenvalue weighted by Crippen LogP contribution is 2.37. The monoisotopic (exact) mass is 353 g/mol. The fourth-order valence-corrected chi connectivity index (χ4v) is 2.35. The molecule has 1 aliphatic rings. The topological polar surface area (TPSA) is 29.4 Å². The predicted octanol–water partition coefficient (Wildman–Crippen LogP) is 3.84. The Balaban J connectivity index is 2.65. The van der Waals surface area contributed by atoms with Crippen LogP contribution in [-0.4, -0.2) is 12.0 Å². The van der Waals surface area contributed by atoms with E-state index in [0.717, 1.165) is 12.1 Å². The molecule has 0 amide bonds. The summed E-state index contributed by atoms with van der Waals surface area (Å²) in [6.45, 7) is 1.61. The minimum absolute atomic E-state index is 0.0548. The van der Waals surface area contributed by atoms with Crippen LogP contribution in [0.4, 0.5) is 18.9 Å². The third-order valence-corrected chi connectivity index (χ3v) is 3.32. The van der Waals surface area contributed by atoms with Crippen LogP contribution in [0.15, 0.2) is 17.1 Å². The molecule has 0 saturated carbocycles. The number of ketones is 1. The van der Waals surface area contributed by atoms with Crippen LogP contribution in [-0.2, 0) is 6.18 Å². The zero-order valence-electron chi connectivity index (χ0n) is 8.68. The van der Waals surface area contributed by atoms with Crippen molar-refractivity contribution in [3.05, 3.63) is 26.8 Å². The summed E-state index contributed by atoms with van der Waals surface area (Å²) in [6.07, 6.45) is -2.99. The summed E-state index contributed by atoms with van der Waals surface area (Å²) in [6, 6.07) is 1.88. The Morgan fingerprint density at radius 3 is 2.59 bits per heavy atom. The highest BCUT2D eigenvalue weighted by molar-refractivity contribution is 14.1. The molecule has 1 aromatic carbocycles. The number of Topliss-reactive ketones (excluding diaryl/α,β-unsaturated/α-hetero) is 1. The molecule has 1 atom stereocenters. The molecule has 0 bridgehead atoms. The Morgan fingerprint density at radius 2 is 2.00 bits per heavy atom. The van der Waals surface area contributed by atoms with Crippen molar-refractivity contribution < 1.29 is 18.0 Å². The van der Waals surface area contributed by atoms with Crippen molar-refractivity contribution in [3.8, 4) is 0 Å². The smallest absolute Gasteiger partial charge is 0.293 e. The highest BCUT2D eigenvalue weighted by atomic mass is 127. The first-order valence-electron chi connectivity index (χ1n) is 4.80. The molecule has 0 fully saturated rings. The fourth-order valence-electron chi connectivity index (χ4n) is 1.58. The van der Waals surface area contributed by atoms with Crippen molar-refractivity contribution in [2.75, 3.05) is 0 Å². The number of rotatable bonds is 0. The normalized spacial score (nSPS) is 19.4. The van der Waals surface area contributed by atoms with Crippen molar-refractivity contribution in [2.45, 2.75) is 13.1 Å². The molecule has 2 rings (SSSR count). The van der Waals surface area contributed by atoms with Gasteiger partial charge in [0.2, 0.25) is 0 Å². The van der Waals surface area contributed by atoms with E-state index in [-0.39, 0.29) is 11.3 Å². The Hall–Kier alpha value is -0.920. The van der Waals surface area contributed by atoms with E-state index in [9.17, 15) is 18.0 Å². The zero-order chi connectivity index (χ0) is 12.8. The van der Waals surface area contributed by atoms with Crippen molar-refractivity contribution in [3.63, 3.8) is 0 Å². The maximum absolute atomic E-state index is 12.6. The Morgan fingerprint density at radius 1 is 1.35 bits per heavy atom. The van der Waals surface area contributed by atoms with Crippen molar-refractivity contribution >= 4 is 40.3 Å². The minimum atomic E-state index is -4.44. The van der Waals surface area contributed by atoms with Crippen molar-refractivity contribution in [1.29, 1.82) is 0 Å². The molecule has 0 N–H and O–H groups in total. The van der Waals surface area contributed by atoms with E-state index in [2.05, 4.69) is 4.99 Å². The van der Waals surface area contributed by atoms with Gasteiger partial charge in [-0.1, -0.05) is 6.92 Å². The minimum Gasteiger partial charge on any atom is -0.293 e. The number of hydrogen-bond donors (Lipinski definition) is 0. The lowest BCUT2D eigenvalue weighted by atomic mass is 9.94. The molecule has 2 nitrogen and oxygen atoms in total. The maximum atomic E-state index is 12.6. The standard InChI is InChI=1S/C11H7F3INO/c1-5-4-16-9-7(10(5)17)2-6(3-8(9)15)11(12,13)14/h2-5H,1H3. The largest absolute Gasteiger partial charge is 0.416 e. The number of carbonyl (C=O) groups excluding carboxylic acids is 1. The van der Waals surface area contributed by atoms with Crippen LogP contribution in [0.3, 0.4) is 0 Å². The molecule has 1 aromatic rings. The van der Waals surface area contributed by atoms with Gasteiger partial charge in [0.25, 0.3) is 0 Å². The van der Waals surface area contributed by atoms with E-state index >= 15 is 0 Å². The van der Waals surface area contributed by atoms with Gasteiger partial charge >= 0.3 is 6.18 Å². The van der Waals surface area contributed by atoms with Crippen LogP contribution < -0.4 is 0 Å². The summed E-state index contributed by atoms with van der Waals surface area (Å²) < 4.78 is 38.2. The number of halogens is 4. The van der Waals surface area contributed by atoms with Gasteiger partial charge in [0.1, 0.15) is 0 Å². The van der Waals surface area contributed by atoms with Crippen LogP contribution in [0.2, 0.25) is 0 Å². The SMILES string of the molecule is CC1C=Nc2c(I)cc(C(F)(F)F)cc2C1=O. The summed E-state index contributed by atoms with van der Waals surface area (Å²) in [5.41, 5.74) is -0.417. The molecule has 0 aromatic heterocycles. The van der Waals surface area contributed by atoms with Crippen LogP contribution in [0.25, 0.3) is 0 Å². The second-order valence-electron chi connectivity index (χ2n) is 3.78. The lowest BCUT2D eigenvalue weighted by molar-refractivity contribution is -0.137. The summed E-state index contributed by atoms with van der Waals surface area (Å²) >= 11 is 1.76. The quantitative estimate of drug-likeness (QED) is 0.652. The van der Waals surface area contributed by atoms with Gasteiger partial charge < -0.3 is 0 Å². The molecule has 0 radical (unpaired) electrons. The van der Waals surface area contributed by atoms with Gasteiger partial charge in [-0.15, -0.1) is 0 Å². The van der Waals surface area contributed by atoms with Crippen LogP contribution in [0.5, 0.6) is 0 Å². The first-order chi connectivity index (χ1) is 7.80. The van der Waals surface area contributed by atoms with E-state index < -0.39 is 17.7 Å². The Bertz CT molecular complexity index is 522. The summed E-state index contributed by atoms with van der Waals surface area (Å²) in [5.74, 6) is -0.791. The van der Waals surface area contributed by atoms with Gasteiger partial charge in [-0.2, -0.15) is 13.2 Å². The highest BCUT2D eigenvalue weighted by Gasteiger charge is 2.34. The molecule has 0 spiro atoms. The van der Waals surface area contributed by atoms with Crippen LogP contribution >= 0.6 is 22.6 Å². The summed E-state index contributed by atoms with van der Waals surface area (Å²) in [5, 5.41) is 0. The third kappa shape index (κ3) is 2.22. The second-order valence-corrected chi connectivity index (χ2v) is 4.95. The van der Waals surface area contributed by atoms with E-state index in [1.165, 1.54) is 6.21 Å². The van der Waals surface area contributed by atoms with E-state index in [0.29, 0.717) is 9.26 Å². The van der Waals surface area contributed by atoms with Crippen molar-refractivity contribution in [1.82, 2.24) is 0 Å². The lowest BCUT2D eigenvalue weighted by Crippen LogP contribution is -2.18. The van der Waals surface area contributed by atoms with Crippen LogP contribution in [0, 0.1) is 9.49 Å². The number of benzene rings is 1. The number of carbonyl (C=O) groups is 1. The van der Waals surface area contributed by atoms with E-state index in [1.807, 2.05) is 0 Å². The van der Waals surface area contributed by atoms with E-state index in [4.69, 9.17) is 0 Å². The Kier molecular flexibility index (Phi) is 3.01. The second kappa shape index (κ2) is 4.08. The number of fused-ring (bicyclic) bond motifs is 1. The lowest BCUT2D eigenvalue weighted by Gasteiger charge is -2.17. The first kappa shape index (κ1) is 12.5. The van der Waals surface area contributed by atoms with Gasteiger partial charge in [0.15, 0.2) is 5.78 Å². The molecule has 90 valence electrons. The molecule has 1 aliphatic heterocycles. The molecule has 17 heavy (non-hydrogen) atoms. The molecular formula is C11H7F3INO. The number of hydrogen-bond acceptors (Lipinski definition) is 2. The summed E-state index contributed by atoms with van der Waals surface area (Å²) in [7, 11) is 0. The summed E-state index contributed by atoms with van der Waals surface area (Å²) in [4.78, 5) is 15.8. The van der Waals surface area contributed by atoms with Gasteiger partial charge in [-0.3, -0.25) is 9.79 Å². The van der Waals surface area contributed by atoms with Gasteiger partial charge in [-0.05, 0) is 34.7 Å². The average Bonchev–Trinajstić information content (AvgIpc) is 2.22. The molecule has 0 saturated heterocycles. The Labute approximate surface area is 109 Å². The average molecular weight is 353 g/mol.